The quantitative estimate of drug-likeness (QED) is 0.504. The highest BCUT2D eigenvalue weighted by atomic mass is 16.5. The zero-order valence-corrected chi connectivity index (χ0v) is 12.2. The number of rotatable bonds is 5. The number of carbonyl (C=O) groups is 1. The molecule has 0 unspecified atom stereocenters. The third kappa shape index (κ3) is 3.20. The van der Waals surface area contributed by atoms with Crippen LogP contribution in [0.3, 0.4) is 0 Å². The lowest BCUT2D eigenvalue weighted by molar-refractivity contribution is -0.103. The SMILES string of the molecule is COc1cc(/C=C(/C=O)c2ccc(O)c(OC)c2)ccc1O. The lowest BCUT2D eigenvalue weighted by Gasteiger charge is -2.07. The number of phenolic OH excluding ortho intramolecular Hbond substituents is 2. The maximum atomic E-state index is 11.4. The van der Waals surface area contributed by atoms with Gasteiger partial charge in [0, 0.05) is 5.57 Å². The molecule has 0 spiro atoms. The molecular weight excluding hydrogens is 284 g/mol. The van der Waals surface area contributed by atoms with Gasteiger partial charge in [-0.25, -0.2) is 0 Å². The van der Waals surface area contributed by atoms with E-state index >= 15 is 0 Å². The number of aromatic hydroxyl groups is 2. The molecule has 0 aliphatic rings. The van der Waals surface area contributed by atoms with Crippen LogP contribution in [0.1, 0.15) is 11.1 Å². The molecule has 0 saturated heterocycles. The van der Waals surface area contributed by atoms with Crippen molar-refractivity contribution in [3.63, 3.8) is 0 Å². The number of phenols is 2. The third-order valence-electron chi connectivity index (χ3n) is 3.17. The van der Waals surface area contributed by atoms with Crippen molar-refractivity contribution in [2.45, 2.75) is 0 Å². The van der Waals surface area contributed by atoms with Gasteiger partial charge in [-0.15, -0.1) is 0 Å². The van der Waals surface area contributed by atoms with Crippen molar-refractivity contribution >= 4 is 17.9 Å². The molecule has 22 heavy (non-hydrogen) atoms. The molecule has 2 aromatic carbocycles. The van der Waals surface area contributed by atoms with Gasteiger partial charge in [-0.2, -0.15) is 0 Å². The van der Waals surface area contributed by atoms with E-state index in [0.717, 1.165) is 0 Å². The van der Waals surface area contributed by atoms with Gasteiger partial charge in [0.05, 0.1) is 14.2 Å². The second-order valence-electron chi connectivity index (χ2n) is 4.54. The molecule has 0 fully saturated rings. The molecule has 2 aromatic rings. The van der Waals surface area contributed by atoms with Crippen LogP contribution in [0, 0.1) is 0 Å². The average Bonchev–Trinajstić information content (AvgIpc) is 2.54. The van der Waals surface area contributed by atoms with Gasteiger partial charge in [-0.1, -0.05) is 12.1 Å². The Balaban J connectivity index is 2.45. The average molecular weight is 300 g/mol. The molecule has 0 atom stereocenters. The van der Waals surface area contributed by atoms with E-state index in [4.69, 9.17) is 9.47 Å². The maximum Gasteiger partial charge on any atom is 0.161 e. The number of benzene rings is 2. The second-order valence-corrected chi connectivity index (χ2v) is 4.54. The second kappa shape index (κ2) is 6.67. The summed E-state index contributed by atoms with van der Waals surface area (Å²) in [6, 6.07) is 9.44. The summed E-state index contributed by atoms with van der Waals surface area (Å²) < 4.78 is 10.1. The van der Waals surface area contributed by atoms with Gasteiger partial charge in [0.15, 0.2) is 29.3 Å². The summed E-state index contributed by atoms with van der Waals surface area (Å²) in [7, 11) is 2.89. The Morgan fingerprint density at radius 1 is 0.955 bits per heavy atom. The molecule has 0 aromatic heterocycles. The first-order valence-corrected chi connectivity index (χ1v) is 6.50. The summed E-state index contributed by atoms with van der Waals surface area (Å²) in [5.74, 6) is 0.636. The Kier molecular flexibility index (Phi) is 4.68. The first-order valence-electron chi connectivity index (χ1n) is 6.50. The van der Waals surface area contributed by atoms with Gasteiger partial charge in [0.25, 0.3) is 0 Å². The van der Waals surface area contributed by atoms with Crippen molar-refractivity contribution in [2.75, 3.05) is 14.2 Å². The Labute approximate surface area is 128 Å². The summed E-state index contributed by atoms with van der Waals surface area (Å²) >= 11 is 0. The molecule has 5 heteroatoms. The molecule has 0 radical (unpaired) electrons. The first-order chi connectivity index (χ1) is 10.6. The number of hydrogen-bond donors (Lipinski definition) is 2. The number of methoxy groups -OCH3 is 2. The van der Waals surface area contributed by atoms with E-state index < -0.39 is 0 Å². The van der Waals surface area contributed by atoms with Crippen LogP contribution < -0.4 is 9.47 Å². The van der Waals surface area contributed by atoms with Crippen LogP contribution in [0.5, 0.6) is 23.0 Å². The van der Waals surface area contributed by atoms with Crippen molar-refractivity contribution < 1.29 is 24.5 Å². The van der Waals surface area contributed by atoms with Gasteiger partial charge in [0.1, 0.15) is 0 Å². The Hall–Kier alpha value is -2.95. The van der Waals surface area contributed by atoms with Gasteiger partial charge < -0.3 is 19.7 Å². The number of allylic oxidation sites excluding steroid dienone is 1. The van der Waals surface area contributed by atoms with Gasteiger partial charge in [-0.3, -0.25) is 4.79 Å². The molecule has 0 amide bonds. The lowest BCUT2D eigenvalue weighted by atomic mass is 10.0. The molecule has 0 bridgehead atoms. The molecular formula is C17H16O5. The summed E-state index contributed by atoms with van der Waals surface area (Å²) in [5, 5.41) is 19.2. The van der Waals surface area contributed by atoms with Crippen LogP contribution in [-0.2, 0) is 4.79 Å². The number of aldehydes is 1. The molecule has 2 rings (SSSR count). The van der Waals surface area contributed by atoms with Crippen LogP contribution in [-0.4, -0.2) is 30.7 Å². The van der Waals surface area contributed by atoms with E-state index in [9.17, 15) is 15.0 Å². The van der Waals surface area contributed by atoms with Crippen molar-refractivity contribution in [3.8, 4) is 23.0 Å². The van der Waals surface area contributed by atoms with Crippen LogP contribution >= 0.6 is 0 Å². The van der Waals surface area contributed by atoms with Crippen LogP contribution in [0.2, 0.25) is 0 Å². The van der Waals surface area contributed by atoms with Gasteiger partial charge >= 0.3 is 0 Å². The van der Waals surface area contributed by atoms with E-state index in [2.05, 4.69) is 0 Å². The highest BCUT2D eigenvalue weighted by Gasteiger charge is 2.08. The van der Waals surface area contributed by atoms with Crippen LogP contribution in [0.4, 0.5) is 0 Å². The fourth-order valence-corrected chi connectivity index (χ4v) is 2.01. The predicted octanol–water partition coefficient (Wildman–Crippen LogP) is 2.85. The summed E-state index contributed by atoms with van der Waals surface area (Å²) in [5.41, 5.74) is 1.71. The zero-order valence-electron chi connectivity index (χ0n) is 12.2. The monoisotopic (exact) mass is 300 g/mol. The first kappa shape index (κ1) is 15.4. The minimum Gasteiger partial charge on any atom is -0.504 e. The van der Waals surface area contributed by atoms with Gasteiger partial charge in [0.2, 0.25) is 0 Å². The number of carbonyl (C=O) groups excluding carboxylic acids is 1. The van der Waals surface area contributed by atoms with E-state index in [1.54, 1.807) is 30.3 Å². The molecule has 0 heterocycles. The summed E-state index contributed by atoms with van der Waals surface area (Å²) in [6.07, 6.45) is 2.37. The Morgan fingerprint density at radius 3 is 2.14 bits per heavy atom. The summed E-state index contributed by atoms with van der Waals surface area (Å²) in [4.78, 5) is 11.4. The fourth-order valence-electron chi connectivity index (χ4n) is 2.01. The normalized spacial score (nSPS) is 11.1. The van der Waals surface area contributed by atoms with Crippen molar-refractivity contribution in [1.29, 1.82) is 0 Å². The number of ether oxygens (including phenoxy) is 2. The minimum absolute atomic E-state index is 0.00259. The molecule has 2 N–H and O–H groups in total. The van der Waals surface area contributed by atoms with E-state index in [1.807, 2.05) is 0 Å². The van der Waals surface area contributed by atoms with E-state index in [1.165, 1.54) is 26.4 Å². The largest absolute Gasteiger partial charge is 0.504 e. The van der Waals surface area contributed by atoms with Gasteiger partial charge in [-0.05, 0) is 41.5 Å². The standard InChI is InChI=1S/C17H16O5/c1-21-16-8-11(3-5-14(16)19)7-13(10-18)12-4-6-15(20)17(9-12)22-2/h3-10,19-20H,1-2H3/b13-7-. The Morgan fingerprint density at radius 2 is 1.55 bits per heavy atom. The molecule has 0 saturated carbocycles. The third-order valence-corrected chi connectivity index (χ3v) is 3.17. The van der Waals surface area contributed by atoms with Crippen LogP contribution in [0.15, 0.2) is 36.4 Å². The highest BCUT2D eigenvalue weighted by molar-refractivity contribution is 6.13. The molecule has 5 nitrogen and oxygen atoms in total. The van der Waals surface area contributed by atoms with E-state index in [0.29, 0.717) is 28.7 Å². The van der Waals surface area contributed by atoms with Crippen molar-refractivity contribution in [3.05, 3.63) is 47.5 Å². The zero-order chi connectivity index (χ0) is 16.1. The van der Waals surface area contributed by atoms with Crippen molar-refractivity contribution in [2.24, 2.45) is 0 Å². The molecule has 0 aliphatic heterocycles. The number of hydrogen-bond acceptors (Lipinski definition) is 5. The lowest BCUT2D eigenvalue weighted by Crippen LogP contribution is -1.90. The molecule has 0 aliphatic carbocycles. The fraction of sp³-hybridized carbons (Fsp3) is 0.118. The minimum atomic E-state index is 0.00259. The summed E-state index contributed by atoms with van der Waals surface area (Å²) in [6.45, 7) is 0. The van der Waals surface area contributed by atoms with E-state index in [-0.39, 0.29) is 17.2 Å². The van der Waals surface area contributed by atoms with Crippen molar-refractivity contribution in [1.82, 2.24) is 0 Å². The predicted molar refractivity (Wildman–Crippen MR) is 83.3 cm³/mol. The highest BCUT2D eigenvalue weighted by Crippen LogP contribution is 2.31. The molecule has 114 valence electrons. The maximum absolute atomic E-state index is 11.4. The topological polar surface area (TPSA) is 76.0 Å². The Bertz CT molecular complexity index is 719. The smallest absolute Gasteiger partial charge is 0.161 e. The van der Waals surface area contributed by atoms with Crippen LogP contribution in [0.25, 0.3) is 11.6 Å².